The van der Waals surface area contributed by atoms with Crippen LogP contribution in [0.5, 0.6) is 0 Å². The Morgan fingerprint density at radius 2 is 2.27 bits per heavy atom. The van der Waals surface area contributed by atoms with Gasteiger partial charge in [0.05, 0.1) is 0 Å². The lowest BCUT2D eigenvalue weighted by Gasteiger charge is -2.11. The van der Waals surface area contributed by atoms with Gasteiger partial charge in [-0.25, -0.2) is 4.79 Å². The van der Waals surface area contributed by atoms with Gasteiger partial charge in [-0.05, 0) is 6.07 Å². The number of thioether (sulfide) groups is 1. The van der Waals surface area contributed by atoms with Gasteiger partial charge in [-0.1, -0.05) is 0 Å². The number of carbonyl (C=O) groups is 1. The molecule has 15 heavy (non-hydrogen) atoms. The quantitative estimate of drug-likeness (QED) is 0.617. The second-order valence-corrected chi connectivity index (χ2v) is 4.67. The van der Waals surface area contributed by atoms with Crippen LogP contribution in [0, 0.1) is 0 Å². The van der Waals surface area contributed by atoms with Gasteiger partial charge in [-0.3, -0.25) is 0 Å². The molecule has 0 amide bonds. The maximum absolute atomic E-state index is 10.6. The highest BCUT2D eigenvalue weighted by atomic mass is 32.2. The van der Waals surface area contributed by atoms with Crippen LogP contribution in [0.2, 0.25) is 0 Å². The Bertz CT molecular complexity index is 320. The first kappa shape index (κ1) is 12.5. The minimum atomic E-state index is -0.887. The van der Waals surface area contributed by atoms with Crippen LogP contribution < -0.4 is 0 Å². The van der Waals surface area contributed by atoms with Crippen LogP contribution >= 0.6 is 23.1 Å². The van der Waals surface area contributed by atoms with E-state index in [-0.39, 0.29) is 6.29 Å². The van der Waals surface area contributed by atoms with E-state index >= 15 is 0 Å². The van der Waals surface area contributed by atoms with Gasteiger partial charge < -0.3 is 14.6 Å². The molecular formula is C9H12O4S2. The highest BCUT2D eigenvalue weighted by Gasteiger charge is 2.10. The van der Waals surface area contributed by atoms with Crippen LogP contribution in [-0.4, -0.2) is 37.3 Å². The number of carboxylic acids is 1. The van der Waals surface area contributed by atoms with Crippen molar-refractivity contribution < 1.29 is 19.4 Å². The van der Waals surface area contributed by atoms with Gasteiger partial charge in [-0.2, -0.15) is 0 Å². The second kappa shape index (κ2) is 6.12. The van der Waals surface area contributed by atoms with Gasteiger partial charge in [0.15, 0.2) is 6.29 Å². The molecule has 0 saturated heterocycles. The minimum absolute atomic E-state index is 0.261. The smallest absolute Gasteiger partial charge is 0.345 e. The van der Waals surface area contributed by atoms with Gasteiger partial charge >= 0.3 is 5.97 Å². The zero-order chi connectivity index (χ0) is 11.3. The van der Waals surface area contributed by atoms with E-state index in [2.05, 4.69) is 0 Å². The molecular weight excluding hydrogens is 236 g/mol. The number of aromatic carboxylic acids is 1. The third kappa shape index (κ3) is 3.83. The minimum Gasteiger partial charge on any atom is -0.477 e. The van der Waals surface area contributed by atoms with Crippen molar-refractivity contribution in [3.8, 4) is 0 Å². The Morgan fingerprint density at radius 1 is 1.60 bits per heavy atom. The van der Waals surface area contributed by atoms with Gasteiger partial charge in [-0.15, -0.1) is 23.1 Å². The molecule has 0 aliphatic carbocycles. The number of rotatable bonds is 6. The van der Waals surface area contributed by atoms with Crippen LogP contribution in [0.4, 0.5) is 0 Å². The number of methoxy groups -OCH3 is 2. The Labute approximate surface area is 96.2 Å². The van der Waals surface area contributed by atoms with Crippen LogP contribution in [-0.2, 0) is 9.47 Å². The van der Waals surface area contributed by atoms with Crippen LogP contribution in [0.1, 0.15) is 9.67 Å². The molecule has 84 valence electrons. The van der Waals surface area contributed by atoms with Gasteiger partial charge in [0.1, 0.15) is 4.88 Å². The molecule has 1 aromatic heterocycles. The van der Waals surface area contributed by atoms with Gasteiger partial charge in [0.25, 0.3) is 0 Å². The summed E-state index contributed by atoms with van der Waals surface area (Å²) < 4.78 is 10.0. The Hall–Kier alpha value is -0.560. The molecule has 0 unspecified atom stereocenters. The fourth-order valence-electron chi connectivity index (χ4n) is 0.903. The summed E-state index contributed by atoms with van der Waals surface area (Å²) >= 11 is 2.74. The number of hydrogen-bond donors (Lipinski definition) is 1. The van der Waals surface area contributed by atoms with Crippen LogP contribution in [0.25, 0.3) is 0 Å². The molecule has 0 aromatic carbocycles. The summed E-state index contributed by atoms with van der Waals surface area (Å²) in [7, 11) is 3.15. The molecule has 0 spiro atoms. The fraction of sp³-hybridized carbons (Fsp3) is 0.444. The first-order valence-corrected chi connectivity index (χ1v) is 6.04. The Morgan fingerprint density at radius 3 is 2.73 bits per heavy atom. The zero-order valence-electron chi connectivity index (χ0n) is 8.43. The summed E-state index contributed by atoms with van der Waals surface area (Å²) in [5.41, 5.74) is 0. The van der Waals surface area contributed by atoms with Crippen molar-refractivity contribution in [2.24, 2.45) is 0 Å². The maximum Gasteiger partial charge on any atom is 0.345 e. The standard InChI is InChI=1S/C9H12O4S2/c1-12-8(13-2)5-14-6-3-7(9(10)11)15-4-6/h3-4,8H,5H2,1-2H3,(H,10,11). The lowest BCUT2D eigenvalue weighted by atomic mass is 10.5. The molecule has 0 bridgehead atoms. The summed E-state index contributed by atoms with van der Waals surface area (Å²) in [5.74, 6) is -0.245. The molecule has 0 aliphatic heterocycles. The van der Waals surface area contributed by atoms with E-state index < -0.39 is 5.97 Å². The van der Waals surface area contributed by atoms with Crippen molar-refractivity contribution in [1.82, 2.24) is 0 Å². The van der Waals surface area contributed by atoms with Crippen LogP contribution in [0.15, 0.2) is 16.3 Å². The van der Waals surface area contributed by atoms with Gasteiger partial charge in [0.2, 0.25) is 0 Å². The van der Waals surface area contributed by atoms with E-state index in [9.17, 15) is 4.79 Å². The second-order valence-electron chi connectivity index (χ2n) is 2.66. The topological polar surface area (TPSA) is 55.8 Å². The van der Waals surface area contributed by atoms with E-state index in [4.69, 9.17) is 14.6 Å². The summed E-state index contributed by atoms with van der Waals surface area (Å²) in [6.07, 6.45) is -0.261. The van der Waals surface area contributed by atoms with E-state index in [1.807, 2.05) is 5.38 Å². The van der Waals surface area contributed by atoms with Crippen molar-refractivity contribution in [2.75, 3.05) is 20.0 Å². The summed E-state index contributed by atoms with van der Waals surface area (Å²) in [6.45, 7) is 0. The first-order chi connectivity index (χ1) is 7.17. The average molecular weight is 248 g/mol. The molecule has 1 rings (SSSR count). The number of hydrogen-bond acceptors (Lipinski definition) is 5. The largest absolute Gasteiger partial charge is 0.477 e. The predicted molar refractivity (Wildman–Crippen MR) is 59.8 cm³/mol. The number of thiophene rings is 1. The molecule has 0 atom stereocenters. The molecule has 4 nitrogen and oxygen atoms in total. The lowest BCUT2D eigenvalue weighted by Crippen LogP contribution is -2.15. The van der Waals surface area contributed by atoms with Gasteiger partial charge in [0, 0.05) is 30.2 Å². The molecule has 6 heteroatoms. The highest BCUT2D eigenvalue weighted by molar-refractivity contribution is 7.99. The molecule has 0 aliphatic rings. The first-order valence-electron chi connectivity index (χ1n) is 4.17. The zero-order valence-corrected chi connectivity index (χ0v) is 10.1. The SMILES string of the molecule is COC(CSc1csc(C(=O)O)c1)OC. The van der Waals surface area contributed by atoms with E-state index in [1.165, 1.54) is 23.1 Å². The van der Waals surface area contributed by atoms with Crippen molar-refractivity contribution in [1.29, 1.82) is 0 Å². The van der Waals surface area contributed by atoms with E-state index in [0.29, 0.717) is 10.6 Å². The monoisotopic (exact) mass is 248 g/mol. The highest BCUT2D eigenvalue weighted by Crippen LogP contribution is 2.25. The molecule has 1 aromatic rings. The molecule has 0 saturated carbocycles. The van der Waals surface area contributed by atoms with Crippen molar-refractivity contribution in [2.45, 2.75) is 11.2 Å². The summed E-state index contributed by atoms with van der Waals surface area (Å²) in [6, 6.07) is 1.65. The third-order valence-corrected chi connectivity index (χ3v) is 3.77. The lowest BCUT2D eigenvalue weighted by molar-refractivity contribution is -0.0842. The van der Waals surface area contributed by atoms with E-state index in [0.717, 1.165) is 4.90 Å². The fourth-order valence-corrected chi connectivity index (χ4v) is 2.80. The van der Waals surface area contributed by atoms with Crippen molar-refractivity contribution in [3.63, 3.8) is 0 Å². The average Bonchev–Trinajstić information content (AvgIpc) is 2.68. The predicted octanol–water partition coefficient (Wildman–Crippen LogP) is 2.16. The van der Waals surface area contributed by atoms with Crippen molar-refractivity contribution in [3.05, 3.63) is 16.3 Å². The molecule has 0 fully saturated rings. The maximum atomic E-state index is 10.6. The molecule has 1 heterocycles. The van der Waals surface area contributed by atoms with E-state index in [1.54, 1.807) is 20.3 Å². The summed E-state index contributed by atoms with van der Waals surface area (Å²) in [5, 5.41) is 10.5. The van der Waals surface area contributed by atoms with Crippen molar-refractivity contribution >= 4 is 29.1 Å². The molecule has 1 N–H and O–H groups in total. The number of ether oxygens (including phenoxy) is 2. The number of carboxylic acid groups (broad SMARTS) is 1. The summed E-state index contributed by atoms with van der Waals surface area (Å²) in [4.78, 5) is 11.9. The van der Waals surface area contributed by atoms with Crippen LogP contribution in [0.3, 0.4) is 0 Å². The Kier molecular flexibility index (Phi) is 5.10. The molecule has 0 radical (unpaired) electrons. The normalized spacial score (nSPS) is 10.9. The third-order valence-electron chi connectivity index (χ3n) is 1.70. The Balaban J connectivity index is 2.47.